The van der Waals surface area contributed by atoms with Crippen molar-refractivity contribution in [3.05, 3.63) is 64.6 Å². The van der Waals surface area contributed by atoms with Crippen molar-refractivity contribution >= 4 is 28.8 Å². The van der Waals surface area contributed by atoms with Gasteiger partial charge < -0.3 is 14.4 Å². The minimum atomic E-state index is -0.00871. The SMILES string of the molecule is COc1ccc(OCCN2CCN(C(=O)c3csc(-c4ccc(Cl)cc4)n3)CC2)cc1. The Balaban J connectivity index is 1.24. The smallest absolute Gasteiger partial charge is 0.273 e. The van der Waals surface area contributed by atoms with E-state index in [-0.39, 0.29) is 5.91 Å². The van der Waals surface area contributed by atoms with E-state index >= 15 is 0 Å². The maximum atomic E-state index is 12.9. The van der Waals surface area contributed by atoms with E-state index in [1.165, 1.54) is 11.3 Å². The van der Waals surface area contributed by atoms with Crippen LogP contribution in [0.25, 0.3) is 10.6 Å². The van der Waals surface area contributed by atoms with Gasteiger partial charge in [0.25, 0.3) is 5.91 Å². The van der Waals surface area contributed by atoms with Crippen molar-refractivity contribution in [3.63, 3.8) is 0 Å². The summed E-state index contributed by atoms with van der Waals surface area (Å²) < 4.78 is 11.0. The van der Waals surface area contributed by atoms with Crippen LogP contribution in [0.2, 0.25) is 5.02 Å². The molecule has 6 nitrogen and oxygen atoms in total. The summed E-state index contributed by atoms with van der Waals surface area (Å²) in [5, 5.41) is 3.35. The molecule has 0 spiro atoms. The van der Waals surface area contributed by atoms with Gasteiger partial charge in [0.1, 0.15) is 28.8 Å². The molecule has 0 radical (unpaired) electrons. The van der Waals surface area contributed by atoms with E-state index in [4.69, 9.17) is 21.1 Å². The normalized spacial score (nSPS) is 14.5. The van der Waals surface area contributed by atoms with Crippen LogP contribution in [0.5, 0.6) is 11.5 Å². The molecule has 2 heterocycles. The molecule has 2 aromatic carbocycles. The van der Waals surface area contributed by atoms with Crippen LogP contribution in [0.1, 0.15) is 10.5 Å². The Kier molecular flexibility index (Phi) is 7.06. The van der Waals surface area contributed by atoms with E-state index in [2.05, 4.69) is 9.88 Å². The van der Waals surface area contributed by atoms with Crippen LogP contribution in [0, 0.1) is 0 Å². The molecule has 31 heavy (non-hydrogen) atoms. The highest BCUT2D eigenvalue weighted by Crippen LogP contribution is 2.26. The Hall–Kier alpha value is -2.61. The Labute approximate surface area is 191 Å². The number of aromatic nitrogens is 1. The fraction of sp³-hybridized carbons (Fsp3) is 0.304. The molecule has 8 heteroatoms. The van der Waals surface area contributed by atoms with Gasteiger partial charge in [0.05, 0.1) is 7.11 Å². The molecule has 3 aromatic rings. The van der Waals surface area contributed by atoms with Gasteiger partial charge in [0.15, 0.2) is 0 Å². The summed E-state index contributed by atoms with van der Waals surface area (Å²) in [5.74, 6) is 1.63. The Morgan fingerprint density at radius 3 is 2.39 bits per heavy atom. The third-order valence-corrected chi connectivity index (χ3v) is 6.35. The number of amides is 1. The van der Waals surface area contributed by atoms with Gasteiger partial charge >= 0.3 is 0 Å². The van der Waals surface area contributed by atoms with Gasteiger partial charge in [-0.2, -0.15) is 0 Å². The molecular formula is C23H24ClN3O3S. The minimum absolute atomic E-state index is 0.00871. The van der Waals surface area contributed by atoms with E-state index in [1.807, 2.05) is 58.8 Å². The lowest BCUT2D eigenvalue weighted by Crippen LogP contribution is -2.49. The van der Waals surface area contributed by atoms with Crippen molar-refractivity contribution in [2.24, 2.45) is 0 Å². The standard InChI is InChI=1S/C23H24ClN3O3S/c1-29-19-6-8-20(9-7-19)30-15-14-26-10-12-27(13-11-26)23(28)21-16-31-22(25-21)17-2-4-18(24)5-3-17/h2-9,16H,10-15H2,1H3. The van der Waals surface area contributed by atoms with Crippen LogP contribution in [-0.4, -0.2) is 67.1 Å². The molecule has 0 saturated carbocycles. The number of carbonyl (C=O) groups excluding carboxylic acids is 1. The van der Waals surface area contributed by atoms with Gasteiger partial charge in [0, 0.05) is 48.7 Å². The molecule has 1 saturated heterocycles. The number of methoxy groups -OCH3 is 1. The first-order valence-electron chi connectivity index (χ1n) is 10.1. The summed E-state index contributed by atoms with van der Waals surface area (Å²) >= 11 is 7.42. The fourth-order valence-electron chi connectivity index (χ4n) is 3.40. The number of ether oxygens (including phenoxy) is 2. The van der Waals surface area contributed by atoms with Crippen LogP contribution >= 0.6 is 22.9 Å². The van der Waals surface area contributed by atoms with Gasteiger partial charge in [0.2, 0.25) is 0 Å². The molecule has 1 fully saturated rings. The molecule has 1 aromatic heterocycles. The number of carbonyl (C=O) groups is 1. The van der Waals surface area contributed by atoms with Crippen LogP contribution in [0.3, 0.4) is 0 Å². The highest BCUT2D eigenvalue weighted by Gasteiger charge is 2.24. The maximum absolute atomic E-state index is 12.9. The lowest BCUT2D eigenvalue weighted by molar-refractivity contribution is 0.0615. The van der Waals surface area contributed by atoms with E-state index in [0.29, 0.717) is 30.4 Å². The molecule has 0 bridgehead atoms. The summed E-state index contributed by atoms with van der Waals surface area (Å²) in [6, 6.07) is 15.1. The van der Waals surface area contributed by atoms with Crippen molar-refractivity contribution in [3.8, 4) is 22.1 Å². The number of hydrogen-bond donors (Lipinski definition) is 0. The Morgan fingerprint density at radius 1 is 1.03 bits per heavy atom. The van der Waals surface area contributed by atoms with Gasteiger partial charge in [-0.25, -0.2) is 4.98 Å². The number of thiazole rings is 1. The lowest BCUT2D eigenvalue weighted by atomic mass is 10.2. The second-order valence-corrected chi connectivity index (χ2v) is 8.50. The second kappa shape index (κ2) is 10.1. The van der Waals surface area contributed by atoms with Crippen LogP contribution in [0.4, 0.5) is 0 Å². The van der Waals surface area contributed by atoms with E-state index in [1.54, 1.807) is 7.11 Å². The highest BCUT2D eigenvalue weighted by atomic mass is 35.5. The fourth-order valence-corrected chi connectivity index (χ4v) is 4.32. The van der Waals surface area contributed by atoms with Crippen molar-refractivity contribution < 1.29 is 14.3 Å². The molecule has 0 aliphatic carbocycles. The molecule has 162 valence electrons. The molecule has 1 aliphatic heterocycles. The molecule has 0 unspecified atom stereocenters. The molecule has 0 atom stereocenters. The van der Waals surface area contributed by atoms with Gasteiger partial charge in [-0.3, -0.25) is 9.69 Å². The Morgan fingerprint density at radius 2 is 1.71 bits per heavy atom. The minimum Gasteiger partial charge on any atom is -0.497 e. The number of nitrogens with zero attached hydrogens (tertiary/aromatic N) is 3. The summed E-state index contributed by atoms with van der Waals surface area (Å²) in [6.07, 6.45) is 0. The topological polar surface area (TPSA) is 54.9 Å². The highest BCUT2D eigenvalue weighted by molar-refractivity contribution is 7.13. The number of benzene rings is 2. The second-order valence-electron chi connectivity index (χ2n) is 7.20. The average Bonchev–Trinajstić information content (AvgIpc) is 3.30. The summed E-state index contributed by atoms with van der Waals surface area (Å²) in [7, 11) is 1.65. The molecule has 1 amide bonds. The Bertz CT molecular complexity index is 1000. The molecule has 1 aliphatic rings. The first-order valence-corrected chi connectivity index (χ1v) is 11.4. The lowest BCUT2D eigenvalue weighted by Gasteiger charge is -2.34. The quantitative estimate of drug-likeness (QED) is 0.529. The summed E-state index contributed by atoms with van der Waals surface area (Å²) in [4.78, 5) is 21.6. The summed E-state index contributed by atoms with van der Waals surface area (Å²) in [5.41, 5.74) is 1.47. The third kappa shape index (κ3) is 5.55. The monoisotopic (exact) mass is 457 g/mol. The van der Waals surface area contributed by atoms with Gasteiger partial charge in [-0.1, -0.05) is 23.7 Å². The summed E-state index contributed by atoms with van der Waals surface area (Å²) in [6.45, 7) is 4.46. The predicted octanol–water partition coefficient (Wildman–Crippen LogP) is 4.31. The van der Waals surface area contributed by atoms with E-state index < -0.39 is 0 Å². The van der Waals surface area contributed by atoms with Gasteiger partial charge in [-0.15, -0.1) is 11.3 Å². The van der Waals surface area contributed by atoms with Crippen LogP contribution in [0.15, 0.2) is 53.9 Å². The van der Waals surface area contributed by atoms with Crippen molar-refractivity contribution in [2.75, 3.05) is 46.4 Å². The van der Waals surface area contributed by atoms with Crippen molar-refractivity contribution in [1.82, 2.24) is 14.8 Å². The number of piperazine rings is 1. The average molecular weight is 458 g/mol. The first-order chi connectivity index (χ1) is 15.1. The predicted molar refractivity (Wildman–Crippen MR) is 123 cm³/mol. The first kappa shape index (κ1) is 21.6. The molecular weight excluding hydrogens is 434 g/mol. The largest absolute Gasteiger partial charge is 0.497 e. The maximum Gasteiger partial charge on any atom is 0.273 e. The van der Waals surface area contributed by atoms with Crippen LogP contribution in [-0.2, 0) is 0 Å². The van der Waals surface area contributed by atoms with Crippen LogP contribution < -0.4 is 9.47 Å². The zero-order valence-corrected chi connectivity index (χ0v) is 18.9. The van der Waals surface area contributed by atoms with E-state index in [0.717, 1.165) is 41.7 Å². The zero-order chi connectivity index (χ0) is 21.6. The van der Waals surface area contributed by atoms with E-state index in [9.17, 15) is 4.79 Å². The number of rotatable bonds is 7. The van der Waals surface area contributed by atoms with Crippen molar-refractivity contribution in [2.45, 2.75) is 0 Å². The zero-order valence-electron chi connectivity index (χ0n) is 17.3. The van der Waals surface area contributed by atoms with Crippen molar-refractivity contribution in [1.29, 1.82) is 0 Å². The molecule has 4 rings (SSSR count). The number of hydrogen-bond acceptors (Lipinski definition) is 6. The van der Waals surface area contributed by atoms with Gasteiger partial charge in [-0.05, 0) is 36.4 Å². The number of halogens is 1. The third-order valence-electron chi connectivity index (χ3n) is 5.21. The molecule has 0 N–H and O–H groups in total.